The molecule has 19 heteroatoms. The van der Waals surface area contributed by atoms with Gasteiger partial charge in [-0.15, -0.1) is 0 Å². The zero-order chi connectivity index (χ0) is 80.3. The van der Waals surface area contributed by atoms with Crippen LogP contribution in [0.15, 0.2) is 207 Å². The van der Waals surface area contributed by atoms with Gasteiger partial charge >= 0.3 is 39.5 Å². The van der Waals surface area contributed by atoms with Gasteiger partial charge in [-0.2, -0.15) is 0 Å². The Morgan fingerprint density at radius 2 is 0.500 bits per heavy atom. The molecule has 0 rings (SSSR count). The first kappa shape index (κ1) is 104. The van der Waals surface area contributed by atoms with Gasteiger partial charge in [0.05, 0.1) is 26.4 Å². The van der Waals surface area contributed by atoms with E-state index in [1.54, 1.807) is 0 Å². The van der Waals surface area contributed by atoms with E-state index < -0.39 is 97.5 Å². The topological polar surface area (TPSA) is 237 Å². The molecule has 0 saturated heterocycles. The summed E-state index contributed by atoms with van der Waals surface area (Å²) >= 11 is 0. The van der Waals surface area contributed by atoms with Crippen molar-refractivity contribution in [3.05, 3.63) is 207 Å². The van der Waals surface area contributed by atoms with Crippen LogP contribution in [0.3, 0.4) is 0 Å². The summed E-state index contributed by atoms with van der Waals surface area (Å²) < 4.78 is 68.5. The van der Waals surface area contributed by atoms with E-state index in [9.17, 15) is 43.2 Å². The van der Waals surface area contributed by atoms with E-state index in [2.05, 4.69) is 186 Å². The Hall–Kier alpha value is -6.36. The summed E-state index contributed by atoms with van der Waals surface area (Å²) in [7, 11) is -10.0. The molecule has 0 aliphatic rings. The largest absolute Gasteiger partial charge is 0.472 e. The molecule has 620 valence electrons. The highest BCUT2D eigenvalue weighted by molar-refractivity contribution is 7.47. The summed E-state index contributed by atoms with van der Waals surface area (Å²) in [5.74, 6) is -2.46. The molecular weight excluding hydrogens is 1430 g/mol. The van der Waals surface area contributed by atoms with Crippen molar-refractivity contribution in [1.82, 2.24) is 0 Å². The number of allylic oxidation sites excluding steroid dienone is 34. The number of hydrogen-bond donors (Lipinski definition) is 3. The Labute approximate surface area is 665 Å². The normalized spacial score (nSPS) is 14.9. The average Bonchev–Trinajstić information content (AvgIpc) is 0.900. The van der Waals surface area contributed by atoms with Crippen molar-refractivity contribution in [1.29, 1.82) is 0 Å². The molecule has 0 bridgehead atoms. The van der Waals surface area contributed by atoms with Crippen molar-refractivity contribution in [2.75, 3.05) is 39.6 Å². The smallest absolute Gasteiger partial charge is 0.462 e. The lowest BCUT2D eigenvalue weighted by Gasteiger charge is -2.21. The molecule has 0 heterocycles. The van der Waals surface area contributed by atoms with Gasteiger partial charge < -0.3 is 33.8 Å². The number of aliphatic hydroxyl groups is 1. The van der Waals surface area contributed by atoms with Crippen molar-refractivity contribution < 1.29 is 80.2 Å². The summed E-state index contributed by atoms with van der Waals surface area (Å²) in [4.78, 5) is 73.1. The number of carbonyl (C=O) groups excluding carboxylic acids is 4. The van der Waals surface area contributed by atoms with E-state index in [0.29, 0.717) is 44.9 Å². The number of unbranched alkanes of at least 4 members (excludes halogenated alkanes) is 15. The number of hydrogen-bond acceptors (Lipinski definition) is 15. The Bertz CT molecular complexity index is 2900. The van der Waals surface area contributed by atoms with Gasteiger partial charge in [0.1, 0.15) is 19.3 Å². The lowest BCUT2D eigenvalue weighted by atomic mass is 10.1. The van der Waals surface area contributed by atoms with Crippen LogP contribution in [-0.2, 0) is 65.4 Å². The van der Waals surface area contributed by atoms with Crippen LogP contribution in [0.4, 0.5) is 0 Å². The SMILES string of the molecule is CC/C=C\C/C=C\C/C=C\C/C=C\C/C=C\C/C=C\CCC(=O)OC[C@H](COP(=O)(O)OC[C@@H](O)COP(=O)(O)OC[C@@H](COC(=O)CCC/C=C\C/C=C\C/C=C\C/C=C\CCCCC)OC(=O)CCCCCCCCC/C=C\CCCCCC)OC(=O)CC/C=C\C/C=C\C/C=C\C/C=C\C/C=C\C/C=C\CC. The van der Waals surface area contributed by atoms with E-state index in [-0.39, 0.29) is 25.7 Å². The lowest BCUT2D eigenvalue weighted by Crippen LogP contribution is -2.30. The molecule has 0 saturated carbocycles. The number of carbonyl (C=O) groups is 4. The second kappa shape index (κ2) is 80.7. The number of esters is 4. The van der Waals surface area contributed by atoms with Gasteiger partial charge in [-0.1, -0.05) is 298 Å². The second-order valence-corrected chi connectivity index (χ2v) is 29.5. The van der Waals surface area contributed by atoms with E-state index in [1.807, 2.05) is 48.6 Å². The summed E-state index contributed by atoms with van der Waals surface area (Å²) in [5, 5.41) is 10.7. The summed E-state index contributed by atoms with van der Waals surface area (Å²) in [6.07, 6.45) is 101. The number of ether oxygens (including phenoxy) is 4. The zero-order valence-corrected chi connectivity index (χ0v) is 69.6. The van der Waals surface area contributed by atoms with Crippen LogP contribution in [-0.4, -0.2) is 96.7 Å². The summed E-state index contributed by atoms with van der Waals surface area (Å²) in [6, 6.07) is 0. The summed E-state index contributed by atoms with van der Waals surface area (Å²) in [6.45, 7) is 4.34. The Balaban J connectivity index is 5.59. The predicted molar refractivity (Wildman–Crippen MR) is 454 cm³/mol. The van der Waals surface area contributed by atoms with E-state index in [4.69, 9.17) is 37.0 Å². The van der Waals surface area contributed by atoms with E-state index in [0.717, 1.165) is 141 Å². The van der Waals surface area contributed by atoms with Crippen LogP contribution in [0.25, 0.3) is 0 Å². The van der Waals surface area contributed by atoms with E-state index in [1.165, 1.54) is 44.9 Å². The first-order valence-corrected chi connectivity index (χ1v) is 44.3. The molecule has 0 radical (unpaired) electrons. The van der Waals surface area contributed by atoms with Crippen LogP contribution >= 0.6 is 15.6 Å². The molecule has 0 fully saturated rings. The van der Waals surface area contributed by atoms with Gasteiger partial charge in [0.2, 0.25) is 0 Å². The van der Waals surface area contributed by atoms with Gasteiger partial charge in [-0.3, -0.25) is 37.3 Å². The van der Waals surface area contributed by atoms with Gasteiger partial charge in [0.15, 0.2) is 12.2 Å². The molecule has 0 aromatic carbocycles. The Morgan fingerprint density at radius 3 is 0.855 bits per heavy atom. The molecule has 3 N–H and O–H groups in total. The molecule has 2 unspecified atom stereocenters. The molecule has 0 amide bonds. The Kier molecular flexibility index (Phi) is 76.0. The van der Waals surface area contributed by atoms with Crippen molar-refractivity contribution >= 4 is 39.5 Å². The van der Waals surface area contributed by atoms with Crippen molar-refractivity contribution in [3.63, 3.8) is 0 Å². The highest BCUT2D eigenvalue weighted by Crippen LogP contribution is 2.45. The molecular formula is C91H144O17P2. The number of rotatable bonds is 75. The minimum Gasteiger partial charge on any atom is -0.462 e. The van der Waals surface area contributed by atoms with Gasteiger partial charge in [-0.05, 0) is 167 Å². The Morgan fingerprint density at radius 1 is 0.264 bits per heavy atom. The van der Waals surface area contributed by atoms with Crippen molar-refractivity contribution in [2.45, 2.75) is 303 Å². The van der Waals surface area contributed by atoms with Crippen molar-refractivity contribution in [3.8, 4) is 0 Å². The van der Waals surface area contributed by atoms with Gasteiger partial charge in [-0.25, -0.2) is 9.13 Å². The fourth-order valence-corrected chi connectivity index (χ4v) is 11.6. The van der Waals surface area contributed by atoms with Gasteiger partial charge in [0.25, 0.3) is 0 Å². The van der Waals surface area contributed by atoms with E-state index >= 15 is 0 Å². The molecule has 0 spiro atoms. The predicted octanol–water partition coefficient (Wildman–Crippen LogP) is 24.7. The van der Waals surface area contributed by atoms with Crippen LogP contribution in [0, 0.1) is 0 Å². The van der Waals surface area contributed by atoms with Crippen molar-refractivity contribution in [2.24, 2.45) is 0 Å². The zero-order valence-electron chi connectivity index (χ0n) is 67.8. The van der Waals surface area contributed by atoms with Gasteiger partial charge in [0, 0.05) is 25.7 Å². The molecule has 0 aliphatic heterocycles. The quantitative estimate of drug-likeness (QED) is 0.0169. The second-order valence-electron chi connectivity index (χ2n) is 26.6. The maximum Gasteiger partial charge on any atom is 0.472 e. The summed E-state index contributed by atoms with van der Waals surface area (Å²) in [5.41, 5.74) is 0. The molecule has 0 aromatic heterocycles. The maximum atomic E-state index is 13.1. The highest BCUT2D eigenvalue weighted by Gasteiger charge is 2.30. The minimum absolute atomic E-state index is 0.0102. The molecule has 5 atom stereocenters. The third-order valence-corrected chi connectivity index (χ3v) is 18.1. The third-order valence-electron chi connectivity index (χ3n) is 16.2. The molecule has 0 aliphatic carbocycles. The van der Waals surface area contributed by atoms with Crippen LogP contribution in [0.2, 0.25) is 0 Å². The van der Waals surface area contributed by atoms with Crippen LogP contribution in [0.5, 0.6) is 0 Å². The minimum atomic E-state index is -5.03. The lowest BCUT2D eigenvalue weighted by molar-refractivity contribution is -0.161. The standard InChI is InChI=1S/C91H144O17P2/c1-5-9-13-17-21-25-29-33-37-40-42-45-49-52-56-60-64-68-72-76-89(94)102-82-87(108-91(96)78-74-70-66-62-58-54-50-46-43-41-38-34-30-26-22-18-14-10-6-2)84-106-110(99,100)104-80-85(92)79-103-109(97,98)105-83-86(107-90(95)77-73-69-65-61-57-53-47-36-32-28-24-20-16-12-8-4)81-101-88(93)75-71-67-63-59-55-51-48-44-39-35-31-27-23-19-15-11-7-3/h9-10,13-14,21-23,25-28,32-35,37-39,42-43,45-46,48,51-52,54,56,58-59,63-64,66,68,70,85-87,92H,5-8,11-12,15-20,24,29-31,36,40-41,44,47,49-50,53,55,57,60-62,65,67,69,71-84H2,1-4H3,(H,97,98)(H,99,100)/b13-9-,14-10-,25-21-,26-22-,27-23-,32-28-,37-33-,38-34-,39-35-,45-42-,46-43-,51-48-,56-52-,58-54-,63-59-,68-64-,70-66-/t85-,86+,87+/m0/s1. The fraction of sp³-hybridized carbons (Fsp3) is 0.582. The van der Waals surface area contributed by atoms with Crippen LogP contribution < -0.4 is 0 Å². The average molecular weight is 1570 g/mol. The third kappa shape index (κ3) is 79.7. The first-order valence-electron chi connectivity index (χ1n) is 41.3. The molecule has 0 aromatic rings. The number of aliphatic hydroxyl groups excluding tert-OH is 1. The monoisotopic (exact) mass is 1570 g/mol. The number of phosphoric ester groups is 2. The highest BCUT2D eigenvalue weighted by atomic mass is 31.2. The first-order chi connectivity index (χ1) is 53.7. The maximum absolute atomic E-state index is 13.1. The fourth-order valence-electron chi connectivity index (χ4n) is 10.0. The molecule has 17 nitrogen and oxygen atoms in total. The molecule has 110 heavy (non-hydrogen) atoms. The number of phosphoric acid groups is 2. The van der Waals surface area contributed by atoms with Crippen LogP contribution in [0.1, 0.15) is 285 Å².